The third kappa shape index (κ3) is 4.82. The van der Waals surface area contributed by atoms with Crippen molar-refractivity contribution in [3.8, 4) is 16.5 Å². The Bertz CT molecular complexity index is 1090. The molecule has 1 fully saturated rings. The predicted octanol–water partition coefficient (Wildman–Crippen LogP) is 3.60. The van der Waals surface area contributed by atoms with Crippen LogP contribution in [0.3, 0.4) is 0 Å². The summed E-state index contributed by atoms with van der Waals surface area (Å²) in [6.07, 6.45) is 2.73. The van der Waals surface area contributed by atoms with Crippen molar-refractivity contribution in [1.29, 1.82) is 0 Å². The number of ether oxygens (including phenoxy) is 1. The molecule has 1 N–H and O–H groups in total. The molecule has 0 unspecified atom stereocenters. The zero-order chi connectivity index (χ0) is 21.8. The Morgan fingerprint density at radius 1 is 1.35 bits per heavy atom. The Balaban J connectivity index is 1.42. The van der Waals surface area contributed by atoms with Gasteiger partial charge in [0.15, 0.2) is 17.7 Å². The van der Waals surface area contributed by atoms with Crippen LogP contribution < -0.4 is 10.3 Å². The fourth-order valence-electron chi connectivity index (χ4n) is 3.71. The van der Waals surface area contributed by atoms with Crippen molar-refractivity contribution in [2.24, 2.45) is 0 Å². The summed E-state index contributed by atoms with van der Waals surface area (Å²) in [5, 5.41) is 2.55. The van der Waals surface area contributed by atoms with Gasteiger partial charge in [0.1, 0.15) is 16.5 Å². The number of nitrogens with zero attached hydrogens (tertiary/aromatic N) is 3. The molecule has 1 amide bonds. The van der Waals surface area contributed by atoms with Crippen molar-refractivity contribution < 1.29 is 13.9 Å². The van der Waals surface area contributed by atoms with Crippen molar-refractivity contribution in [1.82, 2.24) is 19.9 Å². The lowest BCUT2D eigenvalue weighted by molar-refractivity contribution is -0.140. The second-order valence-electron chi connectivity index (χ2n) is 7.40. The summed E-state index contributed by atoms with van der Waals surface area (Å²) in [7, 11) is 0. The number of likely N-dealkylation sites (tertiary alicyclic amines) is 1. The van der Waals surface area contributed by atoms with E-state index in [0.717, 1.165) is 0 Å². The van der Waals surface area contributed by atoms with Gasteiger partial charge in [-0.05, 0) is 31.4 Å². The van der Waals surface area contributed by atoms with Gasteiger partial charge in [0.2, 0.25) is 0 Å². The molecule has 0 saturated carbocycles. The quantitative estimate of drug-likeness (QED) is 0.630. The number of amides is 1. The minimum atomic E-state index is -0.736. The van der Waals surface area contributed by atoms with Gasteiger partial charge in [0.25, 0.3) is 11.5 Å². The summed E-state index contributed by atoms with van der Waals surface area (Å²) in [4.78, 5) is 38.5. The molecule has 3 aromatic rings. The van der Waals surface area contributed by atoms with Crippen LogP contribution in [0.15, 0.2) is 46.7 Å². The first kappa shape index (κ1) is 21.2. The number of hydrogen-bond acceptors (Lipinski definition) is 6. The average molecular weight is 443 g/mol. The average Bonchev–Trinajstić information content (AvgIpc) is 3.33. The van der Waals surface area contributed by atoms with Crippen molar-refractivity contribution in [2.75, 3.05) is 13.1 Å². The van der Waals surface area contributed by atoms with Crippen LogP contribution in [0.5, 0.6) is 5.75 Å². The van der Waals surface area contributed by atoms with E-state index in [2.05, 4.69) is 15.0 Å². The molecular formula is C22H23FN4O3S. The topological polar surface area (TPSA) is 88.2 Å². The van der Waals surface area contributed by atoms with Gasteiger partial charge in [-0.25, -0.2) is 14.4 Å². The summed E-state index contributed by atoms with van der Waals surface area (Å²) in [6.45, 7) is 2.88. The summed E-state index contributed by atoms with van der Waals surface area (Å²) < 4.78 is 19.6. The zero-order valence-electron chi connectivity index (χ0n) is 17.1. The second-order valence-corrected chi connectivity index (χ2v) is 8.29. The molecule has 31 heavy (non-hydrogen) atoms. The number of para-hydroxylation sites is 1. The van der Waals surface area contributed by atoms with Gasteiger partial charge in [-0.3, -0.25) is 9.59 Å². The third-order valence-corrected chi connectivity index (χ3v) is 6.15. The SMILES string of the molecule is CC[C@H](Oc1ccccc1F)C(=O)N1CCC(c2nc(-c3nccs3)cc(=O)[nH]2)CC1. The summed E-state index contributed by atoms with van der Waals surface area (Å²) in [6, 6.07) is 7.54. The number of H-pyrrole nitrogens is 1. The van der Waals surface area contributed by atoms with Crippen LogP contribution >= 0.6 is 11.3 Å². The Morgan fingerprint density at radius 2 is 2.13 bits per heavy atom. The Morgan fingerprint density at radius 3 is 2.81 bits per heavy atom. The number of rotatable bonds is 6. The molecule has 1 atom stereocenters. The Kier molecular flexibility index (Phi) is 6.41. The molecule has 1 saturated heterocycles. The van der Waals surface area contributed by atoms with Gasteiger partial charge in [-0.2, -0.15) is 0 Å². The highest BCUT2D eigenvalue weighted by atomic mass is 32.1. The molecule has 0 spiro atoms. The van der Waals surface area contributed by atoms with Crippen molar-refractivity contribution in [3.05, 3.63) is 63.9 Å². The maximum Gasteiger partial charge on any atom is 0.263 e. The molecule has 3 heterocycles. The number of halogens is 1. The van der Waals surface area contributed by atoms with Gasteiger partial charge >= 0.3 is 0 Å². The first-order valence-corrected chi connectivity index (χ1v) is 11.1. The largest absolute Gasteiger partial charge is 0.478 e. The van der Waals surface area contributed by atoms with Crippen LogP contribution in [0.1, 0.15) is 37.9 Å². The Hall–Kier alpha value is -3.07. The number of nitrogens with one attached hydrogen (secondary N) is 1. The number of benzene rings is 1. The molecule has 0 radical (unpaired) electrons. The monoisotopic (exact) mass is 442 g/mol. The summed E-state index contributed by atoms with van der Waals surface area (Å²) in [5.74, 6) is 0.117. The molecule has 1 aliphatic rings. The van der Waals surface area contributed by atoms with Crippen LogP contribution in [0.25, 0.3) is 10.7 Å². The lowest BCUT2D eigenvalue weighted by Gasteiger charge is -2.33. The van der Waals surface area contributed by atoms with E-state index in [4.69, 9.17) is 4.74 Å². The van der Waals surface area contributed by atoms with Crippen LogP contribution in [0.4, 0.5) is 4.39 Å². The van der Waals surface area contributed by atoms with Crippen LogP contribution in [0, 0.1) is 5.82 Å². The molecule has 0 bridgehead atoms. The van der Waals surface area contributed by atoms with Crippen molar-refractivity contribution in [2.45, 2.75) is 38.2 Å². The number of aromatic nitrogens is 3. The normalized spacial score (nSPS) is 15.6. The highest BCUT2D eigenvalue weighted by molar-refractivity contribution is 7.13. The fourth-order valence-corrected chi connectivity index (χ4v) is 4.31. The van der Waals surface area contributed by atoms with Gasteiger partial charge < -0.3 is 14.6 Å². The van der Waals surface area contributed by atoms with Crippen LogP contribution in [-0.4, -0.2) is 45.0 Å². The van der Waals surface area contributed by atoms with Crippen LogP contribution in [0.2, 0.25) is 0 Å². The first-order chi connectivity index (χ1) is 15.0. The number of thiazole rings is 1. The number of hydrogen-bond donors (Lipinski definition) is 1. The van der Waals surface area contributed by atoms with Crippen LogP contribution in [-0.2, 0) is 4.79 Å². The first-order valence-electron chi connectivity index (χ1n) is 10.3. The second kappa shape index (κ2) is 9.38. The van der Waals surface area contributed by atoms with E-state index in [9.17, 15) is 14.0 Å². The number of carbonyl (C=O) groups excluding carboxylic acids is 1. The molecule has 0 aliphatic carbocycles. The molecular weight excluding hydrogens is 419 g/mol. The molecule has 162 valence electrons. The maximum atomic E-state index is 13.9. The van der Waals surface area contributed by atoms with Crippen molar-refractivity contribution in [3.63, 3.8) is 0 Å². The van der Waals surface area contributed by atoms with Gasteiger partial charge in [0.05, 0.1) is 0 Å². The van der Waals surface area contributed by atoms with E-state index in [0.29, 0.717) is 48.9 Å². The fraction of sp³-hybridized carbons (Fsp3) is 0.364. The standard InChI is InChI=1S/C22H23FN4O3S/c1-2-17(30-18-6-4-3-5-15(18)23)22(29)27-10-7-14(8-11-27)20-25-16(13-19(28)26-20)21-24-9-12-31-21/h3-6,9,12-14,17H,2,7-8,10-11H2,1H3,(H,25,26,28)/t17-/m0/s1. The Labute approximate surface area is 182 Å². The van der Waals surface area contributed by atoms with E-state index in [-0.39, 0.29) is 23.1 Å². The number of carbonyl (C=O) groups is 1. The number of piperidine rings is 1. The lowest BCUT2D eigenvalue weighted by Crippen LogP contribution is -2.45. The van der Waals surface area contributed by atoms with Gasteiger partial charge in [-0.15, -0.1) is 11.3 Å². The molecule has 4 rings (SSSR count). The molecule has 9 heteroatoms. The zero-order valence-corrected chi connectivity index (χ0v) is 17.9. The number of aromatic amines is 1. The van der Waals surface area contributed by atoms with E-state index < -0.39 is 11.9 Å². The molecule has 2 aromatic heterocycles. The molecule has 7 nitrogen and oxygen atoms in total. The van der Waals surface area contributed by atoms with Gasteiger partial charge in [-0.1, -0.05) is 19.1 Å². The summed E-state index contributed by atoms with van der Waals surface area (Å²) in [5.41, 5.74) is 0.356. The van der Waals surface area contributed by atoms with E-state index in [1.54, 1.807) is 23.2 Å². The summed E-state index contributed by atoms with van der Waals surface area (Å²) >= 11 is 1.43. The van der Waals surface area contributed by atoms with Crippen molar-refractivity contribution >= 4 is 17.2 Å². The predicted molar refractivity (Wildman–Crippen MR) is 116 cm³/mol. The molecule has 1 aromatic carbocycles. The highest BCUT2D eigenvalue weighted by Gasteiger charge is 2.30. The van der Waals surface area contributed by atoms with Gasteiger partial charge in [0, 0.05) is 36.7 Å². The molecule has 1 aliphatic heterocycles. The maximum absolute atomic E-state index is 13.9. The highest BCUT2D eigenvalue weighted by Crippen LogP contribution is 2.28. The minimum Gasteiger partial charge on any atom is -0.478 e. The van der Waals surface area contributed by atoms with E-state index in [1.807, 2.05) is 12.3 Å². The van der Waals surface area contributed by atoms with E-state index in [1.165, 1.54) is 29.5 Å². The van der Waals surface area contributed by atoms with E-state index >= 15 is 0 Å². The minimum absolute atomic E-state index is 0.0456. The third-order valence-electron chi connectivity index (χ3n) is 5.36. The lowest BCUT2D eigenvalue weighted by atomic mass is 9.95. The smallest absolute Gasteiger partial charge is 0.263 e.